The molecule has 7 nitrogen and oxygen atoms in total. The Kier molecular flexibility index (Phi) is 9.03. The molecule has 0 aromatic rings. The third kappa shape index (κ3) is 7.13. The van der Waals surface area contributed by atoms with E-state index in [0.29, 0.717) is 19.4 Å². The van der Waals surface area contributed by atoms with Crippen molar-refractivity contribution in [2.45, 2.75) is 32.2 Å². The zero-order valence-corrected chi connectivity index (χ0v) is 11.3. The topological polar surface area (TPSA) is 114 Å². The summed E-state index contributed by atoms with van der Waals surface area (Å²) in [5.41, 5.74) is 5.36. The molecule has 0 aliphatic heterocycles. The van der Waals surface area contributed by atoms with E-state index in [1.807, 2.05) is 0 Å². The number of thioether (sulfide) groups is 1. The van der Waals surface area contributed by atoms with E-state index >= 15 is 0 Å². The van der Waals surface area contributed by atoms with Crippen molar-refractivity contribution in [3.05, 3.63) is 0 Å². The molecule has 4 N–H and O–H groups in total. The fraction of sp³-hybridized carbons (Fsp3) is 0.700. The number of carbonyl (C=O) groups is 2. The number of esters is 1. The molecule has 0 spiro atoms. The summed E-state index contributed by atoms with van der Waals surface area (Å²) in [6, 6.07) is -0.756. The Labute approximate surface area is 110 Å². The summed E-state index contributed by atoms with van der Waals surface area (Å²) in [6.45, 7) is 1.86. The van der Waals surface area contributed by atoms with E-state index in [1.165, 1.54) is 6.92 Å². The van der Waals surface area contributed by atoms with Crippen LogP contribution in [0, 0.1) is 0 Å². The van der Waals surface area contributed by atoms with Gasteiger partial charge in [-0.2, -0.15) is 0 Å². The first-order valence-electron chi connectivity index (χ1n) is 5.50. The number of carbonyl (C=O) groups excluding carboxylic acids is 2. The highest BCUT2D eigenvalue weighted by Crippen LogP contribution is 2.06. The number of nitrogens with zero attached hydrogens (tertiary/aromatic N) is 1. The van der Waals surface area contributed by atoms with Crippen LogP contribution in [-0.4, -0.2) is 41.2 Å². The highest BCUT2D eigenvalue weighted by molar-refractivity contribution is 8.12. The Hall–Kier alpha value is -1.28. The minimum Gasteiger partial charge on any atom is -0.408 e. The fourth-order valence-corrected chi connectivity index (χ4v) is 1.44. The van der Waals surface area contributed by atoms with Crippen molar-refractivity contribution in [1.82, 2.24) is 5.32 Å². The Bertz CT molecular complexity index is 309. The third-order valence-corrected chi connectivity index (χ3v) is 2.59. The van der Waals surface area contributed by atoms with Gasteiger partial charge in [-0.1, -0.05) is 16.9 Å². The number of hydrogen-bond donors (Lipinski definition) is 3. The number of rotatable bonds is 6. The van der Waals surface area contributed by atoms with Crippen LogP contribution in [0.15, 0.2) is 5.16 Å². The molecular formula is C10H19N3O4S. The van der Waals surface area contributed by atoms with Crippen molar-refractivity contribution < 1.29 is 19.5 Å². The molecule has 0 saturated carbocycles. The maximum atomic E-state index is 11.7. The first kappa shape index (κ1) is 16.7. The molecule has 0 saturated heterocycles. The predicted molar refractivity (Wildman–Crippen MR) is 69.7 cm³/mol. The second kappa shape index (κ2) is 9.72. The van der Waals surface area contributed by atoms with Gasteiger partial charge >= 0.3 is 5.97 Å². The van der Waals surface area contributed by atoms with Gasteiger partial charge < -0.3 is 21.0 Å². The van der Waals surface area contributed by atoms with Crippen LogP contribution in [-0.2, 0) is 9.53 Å². The summed E-state index contributed by atoms with van der Waals surface area (Å²) in [6.07, 6.45) is 3.49. The molecular weight excluding hydrogens is 258 g/mol. The molecule has 8 heteroatoms. The molecule has 0 heterocycles. The standard InChI is InChI=1S/C10H19N3O4S/c1-7(13-16)17-9(14)8(5-3-4-6-11)12-10(15)18-2/h8,16H,3-6,11H2,1-2H3,(H,12,15)/t8-/m0/s1. The Morgan fingerprint density at radius 2 is 2.17 bits per heavy atom. The number of oxime groups is 1. The average Bonchev–Trinajstić information content (AvgIpc) is 2.37. The molecule has 18 heavy (non-hydrogen) atoms. The summed E-state index contributed by atoms with van der Waals surface area (Å²) in [4.78, 5) is 22.9. The number of amides is 1. The van der Waals surface area contributed by atoms with E-state index in [4.69, 9.17) is 15.7 Å². The van der Waals surface area contributed by atoms with Crippen LogP contribution in [0.5, 0.6) is 0 Å². The molecule has 0 aromatic carbocycles. The zero-order chi connectivity index (χ0) is 14.0. The lowest BCUT2D eigenvalue weighted by Gasteiger charge is -2.16. The van der Waals surface area contributed by atoms with E-state index in [0.717, 1.165) is 18.2 Å². The van der Waals surface area contributed by atoms with Crippen LogP contribution in [0.25, 0.3) is 0 Å². The van der Waals surface area contributed by atoms with E-state index < -0.39 is 12.0 Å². The van der Waals surface area contributed by atoms with Gasteiger partial charge in [-0.25, -0.2) is 4.79 Å². The van der Waals surface area contributed by atoms with E-state index in [2.05, 4.69) is 10.5 Å². The molecule has 0 unspecified atom stereocenters. The molecule has 0 aliphatic carbocycles. The van der Waals surface area contributed by atoms with Gasteiger partial charge in [0.15, 0.2) is 0 Å². The molecule has 0 rings (SSSR count). The number of ether oxygens (including phenoxy) is 1. The normalized spacial score (nSPS) is 12.9. The summed E-state index contributed by atoms with van der Waals surface area (Å²) >= 11 is 0.972. The largest absolute Gasteiger partial charge is 0.408 e. The minimum atomic E-state index is -0.756. The maximum Gasteiger partial charge on any atom is 0.335 e. The van der Waals surface area contributed by atoms with Crippen molar-refractivity contribution >= 4 is 28.9 Å². The molecule has 0 radical (unpaired) electrons. The first-order chi connectivity index (χ1) is 8.54. The smallest absolute Gasteiger partial charge is 0.335 e. The van der Waals surface area contributed by atoms with Crippen LogP contribution in [0.2, 0.25) is 0 Å². The SMILES string of the molecule is CSC(=O)N[C@@H](CCCCN)C(=O)OC(C)=NO. The van der Waals surface area contributed by atoms with Crippen molar-refractivity contribution in [2.75, 3.05) is 12.8 Å². The lowest BCUT2D eigenvalue weighted by molar-refractivity contribution is -0.138. The summed E-state index contributed by atoms with van der Waals surface area (Å²) < 4.78 is 4.74. The molecule has 1 atom stereocenters. The van der Waals surface area contributed by atoms with E-state index in [1.54, 1.807) is 6.26 Å². The molecule has 1 amide bonds. The minimum absolute atomic E-state index is 0.165. The van der Waals surface area contributed by atoms with Gasteiger partial charge in [-0.3, -0.25) is 4.79 Å². The molecule has 104 valence electrons. The van der Waals surface area contributed by atoms with Gasteiger partial charge in [-0.05, 0) is 32.1 Å². The zero-order valence-electron chi connectivity index (χ0n) is 10.5. The van der Waals surface area contributed by atoms with Gasteiger partial charge in [0, 0.05) is 6.92 Å². The predicted octanol–water partition coefficient (Wildman–Crippen LogP) is 0.907. The molecule has 0 bridgehead atoms. The highest BCUT2D eigenvalue weighted by atomic mass is 32.2. The average molecular weight is 277 g/mol. The number of nitrogens with one attached hydrogen (secondary N) is 1. The number of nitrogens with two attached hydrogens (primary N) is 1. The van der Waals surface area contributed by atoms with Crippen molar-refractivity contribution in [2.24, 2.45) is 10.9 Å². The lowest BCUT2D eigenvalue weighted by atomic mass is 10.1. The van der Waals surface area contributed by atoms with Crippen LogP contribution >= 0.6 is 11.8 Å². The second-order valence-corrected chi connectivity index (χ2v) is 4.29. The number of hydrogen-bond acceptors (Lipinski definition) is 7. The monoisotopic (exact) mass is 277 g/mol. The molecule has 0 fully saturated rings. The summed E-state index contributed by atoms with van der Waals surface area (Å²) in [5, 5.41) is 13.4. The summed E-state index contributed by atoms with van der Waals surface area (Å²) in [5.74, 6) is -0.813. The van der Waals surface area contributed by atoms with Crippen LogP contribution < -0.4 is 11.1 Å². The molecule has 0 aliphatic rings. The van der Waals surface area contributed by atoms with Crippen molar-refractivity contribution in [3.8, 4) is 0 Å². The Morgan fingerprint density at radius 1 is 1.50 bits per heavy atom. The van der Waals surface area contributed by atoms with E-state index in [9.17, 15) is 9.59 Å². The van der Waals surface area contributed by atoms with Crippen molar-refractivity contribution in [3.63, 3.8) is 0 Å². The Morgan fingerprint density at radius 3 is 2.67 bits per heavy atom. The summed E-state index contributed by atoms with van der Waals surface area (Å²) in [7, 11) is 0. The highest BCUT2D eigenvalue weighted by Gasteiger charge is 2.22. The van der Waals surface area contributed by atoms with Gasteiger partial charge in [0.2, 0.25) is 5.90 Å². The quantitative estimate of drug-likeness (QED) is 0.166. The van der Waals surface area contributed by atoms with E-state index in [-0.39, 0.29) is 11.1 Å². The van der Waals surface area contributed by atoms with Gasteiger partial charge in [0.05, 0.1) is 0 Å². The third-order valence-electron chi connectivity index (χ3n) is 2.10. The second-order valence-electron chi connectivity index (χ2n) is 3.51. The van der Waals surface area contributed by atoms with Gasteiger partial charge in [-0.15, -0.1) is 0 Å². The van der Waals surface area contributed by atoms with Crippen LogP contribution in [0.3, 0.4) is 0 Å². The maximum absolute atomic E-state index is 11.7. The van der Waals surface area contributed by atoms with Gasteiger partial charge in [0.1, 0.15) is 6.04 Å². The molecule has 0 aromatic heterocycles. The first-order valence-corrected chi connectivity index (χ1v) is 6.72. The van der Waals surface area contributed by atoms with Crippen LogP contribution in [0.1, 0.15) is 26.2 Å². The van der Waals surface area contributed by atoms with Gasteiger partial charge in [0.25, 0.3) is 5.24 Å². The van der Waals surface area contributed by atoms with Crippen molar-refractivity contribution in [1.29, 1.82) is 0 Å². The number of unbranched alkanes of at least 4 members (excludes halogenated alkanes) is 1. The fourth-order valence-electron chi connectivity index (χ4n) is 1.18. The lowest BCUT2D eigenvalue weighted by Crippen LogP contribution is -2.40. The van der Waals surface area contributed by atoms with Crippen LogP contribution in [0.4, 0.5) is 4.79 Å². The Balaban J connectivity index is 4.43.